The third-order valence-electron chi connectivity index (χ3n) is 3.32. The summed E-state index contributed by atoms with van der Waals surface area (Å²) < 4.78 is 39.9. The molecule has 0 heterocycles. The molecule has 0 saturated heterocycles. The normalized spacial score (nSPS) is 11.1. The Labute approximate surface area is 137 Å². The van der Waals surface area contributed by atoms with Crippen LogP contribution in [0.4, 0.5) is 10.1 Å². The predicted molar refractivity (Wildman–Crippen MR) is 83.6 cm³/mol. The first kappa shape index (κ1) is 17.5. The van der Waals surface area contributed by atoms with Gasteiger partial charge in [0.1, 0.15) is 5.82 Å². The average molecular weight is 352 g/mol. The van der Waals surface area contributed by atoms with Crippen LogP contribution in [0.15, 0.2) is 41.3 Å². The van der Waals surface area contributed by atoms with Gasteiger partial charge in [-0.25, -0.2) is 17.5 Å². The van der Waals surface area contributed by atoms with E-state index in [4.69, 9.17) is 0 Å². The van der Waals surface area contributed by atoms with E-state index in [0.717, 1.165) is 24.3 Å². The molecule has 24 heavy (non-hydrogen) atoms. The fourth-order valence-electron chi connectivity index (χ4n) is 2.02. The lowest BCUT2D eigenvalue weighted by Gasteiger charge is -2.09. The highest BCUT2D eigenvalue weighted by Crippen LogP contribution is 2.21. The number of hydrogen-bond donors (Lipinski definition) is 1. The Balaban J connectivity index is 2.32. The van der Waals surface area contributed by atoms with Gasteiger partial charge in [-0.05, 0) is 43.2 Å². The van der Waals surface area contributed by atoms with Crippen LogP contribution in [0, 0.1) is 29.8 Å². The lowest BCUT2D eigenvalue weighted by molar-refractivity contribution is -0.385. The summed E-state index contributed by atoms with van der Waals surface area (Å²) in [7, 11) is -4.25. The number of sulfonamides is 1. The lowest BCUT2D eigenvalue weighted by Crippen LogP contribution is -2.31. The summed E-state index contributed by atoms with van der Waals surface area (Å²) in [6.07, 6.45) is 0. The van der Waals surface area contributed by atoms with Gasteiger partial charge in [-0.1, -0.05) is 6.07 Å². The molecule has 0 fully saturated rings. The van der Waals surface area contributed by atoms with Crippen LogP contribution >= 0.6 is 0 Å². The number of nitro benzene ring substituents is 1. The van der Waals surface area contributed by atoms with Gasteiger partial charge in [-0.3, -0.25) is 14.9 Å². The van der Waals surface area contributed by atoms with Crippen molar-refractivity contribution in [2.45, 2.75) is 18.7 Å². The standard InChI is InChI=1S/C15H13FN2O5S/c1-9-3-4-11(8-13(9)16)15(19)17-24(22,23)14-6-5-12(18(20)21)7-10(14)2/h3-8H,1-2H3,(H,17,19). The van der Waals surface area contributed by atoms with Gasteiger partial charge in [0.05, 0.1) is 9.82 Å². The summed E-state index contributed by atoms with van der Waals surface area (Å²) >= 11 is 0. The van der Waals surface area contributed by atoms with Crippen molar-refractivity contribution in [2.75, 3.05) is 0 Å². The molecule has 0 aliphatic heterocycles. The SMILES string of the molecule is Cc1ccc(C(=O)NS(=O)(=O)c2ccc([N+](=O)[O-])cc2C)cc1F. The molecule has 126 valence electrons. The molecular weight excluding hydrogens is 339 g/mol. The number of carbonyl (C=O) groups is 1. The molecule has 0 radical (unpaired) electrons. The van der Waals surface area contributed by atoms with Crippen molar-refractivity contribution in [2.24, 2.45) is 0 Å². The van der Waals surface area contributed by atoms with Gasteiger partial charge in [-0.15, -0.1) is 0 Å². The molecule has 0 saturated carbocycles. The number of hydrogen-bond acceptors (Lipinski definition) is 5. The van der Waals surface area contributed by atoms with E-state index >= 15 is 0 Å². The molecule has 2 aromatic rings. The topological polar surface area (TPSA) is 106 Å². The van der Waals surface area contributed by atoms with E-state index in [-0.39, 0.29) is 21.7 Å². The van der Waals surface area contributed by atoms with Gasteiger partial charge in [-0.2, -0.15) is 0 Å². The summed E-state index contributed by atoms with van der Waals surface area (Å²) in [5.74, 6) is -1.63. The van der Waals surface area contributed by atoms with E-state index in [2.05, 4.69) is 0 Å². The minimum Gasteiger partial charge on any atom is -0.268 e. The summed E-state index contributed by atoms with van der Waals surface area (Å²) in [6.45, 7) is 2.88. The molecular formula is C15H13FN2O5S. The molecule has 2 aromatic carbocycles. The quantitative estimate of drug-likeness (QED) is 0.672. The number of halogens is 1. The molecule has 7 nitrogen and oxygen atoms in total. The second-order valence-corrected chi connectivity index (χ2v) is 6.76. The van der Waals surface area contributed by atoms with E-state index in [1.54, 1.807) is 0 Å². The summed E-state index contributed by atoms with van der Waals surface area (Å²) in [6, 6.07) is 6.74. The number of non-ortho nitro benzene ring substituents is 1. The zero-order valence-corrected chi connectivity index (χ0v) is 13.6. The van der Waals surface area contributed by atoms with Crippen LogP contribution in [0.3, 0.4) is 0 Å². The van der Waals surface area contributed by atoms with E-state index < -0.39 is 26.7 Å². The highest BCUT2D eigenvalue weighted by Gasteiger charge is 2.22. The monoisotopic (exact) mass is 352 g/mol. The smallest absolute Gasteiger partial charge is 0.268 e. The Morgan fingerprint density at radius 3 is 2.33 bits per heavy atom. The van der Waals surface area contributed by atoms with Crippen LogP contribution in [0.2, 0.25) is 0 Å². The predicted octanol–water partition coefficient (Wildman–Crippen LogP) is 2.47. The summed E-state index contributed by atoms with van der Waals surface area (Å²) in [5, 5.41) is 10.7. The van der Waals surface area contributed by atoms with Gasteiger partial charge >= 0.3 is 0 Å². The van der Waals surface area contributed by atoms with E-state index in [0.29, 0.717) is 5.56 Å². The highest BCUT2D eigenvalue weighted by molar-refractivity contribution is 7.90. The Morgan fingerprint density at radius 1 is 1.12 bits per heavy atom. The maximum Gasteiger partial charge on any atom is 0.269 e. The number of amides is 1. The van der Waals surface area contributed by atoms with Crippen LogP contribution in [-0.2, 0) is 10.0 Å². The van der Waals surface area contributed by atoms with Gasteiger partial charge < -0.3 is 0 Å². The number of carbonyl (C=O) groups excluding carboxylic acids is 1. The Bertz CT molecular complexity index is 941. The van der Waals surface area contributed by atoms with Gasteiger partial charge in [0.15, 0.2) is 0 Å². The van der Waals surface area contributed by atoms with Gasteiger partial charge in [0.2, 0.25) is 0 Å². The number of nitro groups is 1. The van der Waals surface area contributed by atoms with Crippen LogP contribution in [0.1, 0.15) is 21.5 Å². The van der Waals surface area contributed by atoms with Crippen molar-refractivity contribution in [3.05, 3.63) is 69.0 Å². The average Bonchev–Trinajstić information content (AvgIpc) is 2.49. The Hall–Kier alpha value is -2.81. The van der Waals surface area contributed by atoms with Crippen LogP contribution < -0.4 is 4.72 Å². The Morgan fingerprint density at radius 2 is 1.79 bits per heavy atom. The number of aryl methyl sites for hydroxylation is 2. The fourth-order valence-corrected chi connectivity index (χ4v) is 3.22. The van der Waals surface area contributed by atoms with E-state index in [1.807, 2.05) is 4.72 Å². The highest BCUT2D eigenvalue weighted by atomic mass is 32.2. The lowest BCUT2D eigenvalue weighted by atomic mass is 10.1. The molecule has 1 amide bonds. The fraction of sp³-hybridized carbons (Fsp3) is 0.133. The summed E-state index contributed by atoms with van der Waals surface area (Å²) in [5.41, 5.74) is 0.0137. The molecule has 0 atom stereocenters. The molecule has 0 aliphatic carbocycles. The molecule has 1 N–H and O–H groups in total. The molecule has 0 aromatic heterocycles. The number of nitrogens with zero attached hydrogens (tertiary/aromatic N) is 1. The second-order valence-electron chi connectivity index (χ2n) is 5.11. The minimum absolute atomic E-state index is 0.111. The third-order valence-corrected chi connectivity index (χ3v) is 4.81. The number of rotatable bonds is 4. The maximum atomic E-state index is 13.5. The van der Waals surface area contributed by atoms with Crippen molar-refractivity contribution < 1.29 is 22.5 Å². The summed E-state index contributed by atoms with van der Waals surface area (Å²) in [4.78, 5) is 21.8. The minimum atomic E-state index is -4.25. The first-order chi connectivity index (χ1) is 11.1. The van der Waals surface area contributed by atoms with Gasteiger partial charge in [0, 0.05) is 17.7 Å². The van der Waals surface area contributed by atoms with Crippen molar-refractivity contribution >= 4 is 21.6 Å². The molecule has 2 rings (SSSR count). The van der Waals surface area contributed by atoms with Crippen molar-refractivity contribution in [3.8, 4) is 0 Å². The Kier molecular flexibility index (Phi) is 4.65. The molecule has 0 spiro atoms. The van der Waals surface area contributed by atoms with Crippen LogP contribution in [0.25, 0.3) is 0 Å². The number of benzene rings is 2. The van der Waals surface area contributed by atoms with Crippen molar-refractivity contribution in [1.82, 2.24) is 4.72 Å². The first-order valence-corrected chi connectivity index (χ1v) is 8.18. The van der Waals surface area contributed by atoms with Crippen LogP contribution in [0.5, 0.6) is 0 Å². The second kappa shape index (κ2) is 6.36. The zero-order chi connectivity index (χ0) is 18.1. The van der Waals surface area contributed by atoms with Crippen LogP contribution in [-0.4, -0.2) is 19.2 Å². The van der Waals surface area contributed by atoms with E-state index in [1.165, 1.54) is 26.0 Å². The number of nitrogens with one attached hydrogen (secondary N) is 1. The third kappa shape index (κ3) is 3.57. The maximum absolute atomic E-state index is 13.5. The first-order valence-electron chi connectivity index (χ1n) is 6.70. The van der Waals surface area contributed by atoms with Gasteiger partial charge in [0.25, 0.3) is 21.6 Å². The molecule has 0 aliphatic rings. The largest absolute Gasteiger partial charge is 0.269 e. The zero-order valence-electron chi connectivity index (χ0n) is 12.7. The molecule has 0 bridgehead atoms. The van der Waals surface area contributed by atoms with Crippen molar-refractivity contribution in [1.29, 1.82) is 0 Å². The molecule has 0 unspecified atom stereocenters. The van der Waals surface area contributed by atoms with Crippen molar-refractivity contribution in [3.63, 3.8) is 0 Å². The molecule has 9 heteroatoms. The van der Waals surface area contributed by atoms with E-state index in [9.17, 15) is 27.7 Å².